The number of benzene rings is 2. The number of carbonyl (C=O) groups is 1. The maximum absolute atomic E-state index is 13.3. The molecule has 1 fully saturated rings. The Kier molecular flexibility index (Phi) is 7.16. The van der Waals surface area contributed by atoms with Crippen molar-refractivity contribution in [1.82, 2.24) is 24.2 Å². The Hall–Kier alpha value is -3.16. The molecule has 4 aromatic rings. The summed E-state index contributed by atoms with van der Waals surface area (Å²) in [6, 6.07) is 22.6. The molecule has 0 atom stereocenters. The zero-order valence-electron chi connectivity index (χ0n) is 20.4. The van der Waals surface area contributed by atoms with Gasteiger partial charge in [-0.2, -0.15) is 0 Å². The summed E-state index contributed by atoms with van der Waals surface area (Å²) in [6.07, 6.45) is 2.48. The highest BCUT2D eigenvalue weighted by atomic mass is 32.2. The molecule has 0 bridgehead atoms. The van der Waals surface area contributed by atoms with E-state index in [1.54, 1.807) is 0 Å². The van der Waals surface area contributed by atoms with Crippen molar-refractivity contribution >= 4 is 17.5 Å². The molecule has 5 rings (SSSR count). The fourth-order valence-corrected chi connectivity index (χ4v) is 5.68. The molecular formula is C28H31N5OS. The number of nitrogens with zero attached hydrogens (tertiary/aromatic N) is 5. The molecule has 0 N–H and O–H groups in total. The first-order valence-corrected chi connectivity index (χ1v) is 13.2. The number of thioether (sulfide) groups is 1. The van der Waals surface area contributed by atoms with Crippen LogP contribution >= 0.6 is 11.8 Å². The van der Waals surface area contributed by atoms with Crippen molar-refractivity contribution in [3.63, 3.8) is 0 Å². The van der Waals surface area contributed by atoms with Gasteiger partial charge in [-0.05, 0) is 63.5 Å². The number of Topliss-reactive ketones (excluding diaryl/α,β-unsaturated/α-hetero) is 1. The number of likely N-dealkylation sites (tertiary alicyclic amines) is 1. The third-order valence-corrected chi connectivity index (χ3v) is 7.59. The van der Waals surface area contributed by atoms with Gasteiger partial charge in [0.15, 0.2) is 10.9 Å². The Labute approximate surface area is 211 Å². The molecule has 6 nitrogen and oxygen atoms in total. The number of hydrogen-bond acceptors (Lipinski definition) is 5. The van der Waals surface area contributed by atoms with E-state index < -0.39 is 0 Å². The largest absolute Gasteiger partial charge is 0.318 e. The topological polar surface area (TPSA) is 56.0 Å². The normalized spacial score (nSPS) is 14.0. The van der Waals surface area contributed by atoms with E-state index in [0.29, 0.717) is 12.3 Å². The second kappa shape index (κ2) is 10.6. The van der Waals surface area contributed by atoms with Gasteiger partial charge >= 0.3 is 0 Å². The Morgan fingerprint density at radius 1 is 0.914 bits per heavy atom. The summed E-state index contributed by atoms with van der Waals surface area (Å²) >= 11 is 1.48. The minimum Gasteiger partial charge on any atom is -0.318 e. The molecule has 1 saturated heterocycles. The van der Waals surface area contributed by atoms with Gasteiger partial charge in [0.25, 0.3) is 0 Å². The second-order valence-corrected chi connectivity index (χ2v) is 10.1. The number of aromatic nitrogens is 4. The highest BCUT2D eigenvalue weighted by Gasteiger charge is 2.21. The van der Waals surface area contributed by atoms with E-state index in [9.17, 15) is 4.79 Å². The molecule has 180 valence electrons. The van der Waals surface area contributed by atoms with Crippen LogP contribution in [0.5, 0.6) is 0 Å². The van der Waals surface area contributed by atoms with Crippen molar-refractivity contribution in [3.8, 4) is 5.69 Å². The van der Waals surface area contributed by atoms with Crippen LogP contribution in [0.3, 0.4) is 0 Å². The molecule has 2 aromatic carbocycles. The quantitative estimate of drug-likeness (QED) is 0.238. The SMILES string of the molecule is Cc1cc(C(=O)CSc2nnc(CN3CCCC3)n2Cc2ccccc2)c(C)n1-c1ccccc1. The van der Waals surface area contributed by atoms with E-state index in [1.165, 1.54) is 30.2 Å². The molecular weight excluding hydrogens is 454 g/mol. The van der Waals surface area contributed by atoms with Gasteiger partial charge in [0, 0.05) is 22.6 Å². The van der Waals surface area contributed by atoms with E-state index in [4.69, 9.17) is 0 Å². The van der Waals surface area contributed by atoms with Crippen molar-refractivity contribution in [1.29, 1.82) is 0 Å². The zero-order valence-corrected chi connectivity index (χ0v) is 21.2. The highest BCUT2D eigenvalue weighted by Crippen LogP contribution is 2.25. The summed E-state index contributed by atoms with van der Waals surface area (Å²) in [5.74, 6) is 1.41. The Morgan fingerprint density at radius 2 is 1.60 bits per heavy atom. The molecule has 0 radical (unpaired) electrons. The van der Waals surface area contributed by atoms with Gasteiger partial charge in [-0.15, -0.1) is 10.2 Å². The van der Waals surface area contributed by atoms with Crippen LogP contribution in [0.4, 0.5) is 0 Å². The van der Waals surface area contributed by atoms with E-state index >= 15 is 0 Å². The number of carbonyl (C=O) groups excluding carboxylic acids is 1. The molecule has 0 saturated carbocycles. The number of rotatable bonds is 9. The van der Waals surface area contributed by atoms with Crippen LogP contribution in [-0.4, -0.2) is 48.9 Å². The molecule has 0 spiro atoms. The number of para-hydroxylation sites is 1. The maximum Gasteiger partial charge on any atom is 0.192 e. The van der Waals surface area contributed by atoms with Crippen LogP contribution in [0.1, 0.15) is 46.0 Å². The second-order valence-electron chi connectivity index (χ2n) is 9.12. The minimum atomic E-state index is 0.112. The summed E-state index contributed by atoms with van der Waals surface area (Å²) in [6.45, 7) is 7.78. The third-order valence-electron chi connectivity index (χ3n) is 6.62. The van der Waals surface area contributed by atoms with Gasteiger partial charge in [-0.1, -0.05) is 60.3 Å². The van der Waals surface area contributed by atoms with Crippen LogP contribution in [-0.2, 0) is 13.1 Å². The molecule has 0 aliphatic carbocycles. The van der Waals surface area contributed by atoms with E-state index in [0.717, 1.165) is 53.3 Å². The van der Waals surface area contributed by atoms with Gasteiger partial charge < -0.3 is 9.13 Å². The lowest BCUT2D eigenvalue weighted by Gasteiger charge is -2.16. The van der Waals surface area contributed by atoms with Crippen LogP contribution < -0.4 is 0 Å². The molecule has 35 heavy (non-hydrogen) atoms. The lowest BCUT2D eigenvalue weighted by molar-refractivity contribution is 0.102. The van der Waals surface area contributed by atoms with Crippen LogP contribution in [0.15, 0.2) is 71.9 Å². The molecule has 3 heterocycles. The zero-order chi connectivity index (χ0) is 24.2. The van der Waals surface area contributed by atoms with Crippen LogP contribution in [0.2, 0.25) is 0 Å². The lowest BCUT2D eigenvalue weighted by atomic mass is 10.2. The van der Waals surface area contributed by atoms with Crippen LogP contribution in [0.25, 0.3) is 5.69 Å². The Bertz CT molecular complexity index is 1290. The van der Waals surface area contributed by atoms with Crippen LogP contribution in [0, 0.1) is 13.8 Å². The van der Waals surface area contributed by atoms with Crippen molar-refractivity contribution in [2.45, 2.75) is 44.9 Å². The first-order valence-electron chi connectivity index (χ1n) is 12.2. The monoisotopic (exact) mass is 485 g/mol. The summed E-state index contributed by atoms with van der Waals surface area (Å²) in [5, 5.41) is 9.84. The molecule has 0 unspecified atom stereocenters. The molecule has 1 aliphatic heterocycles. The average Bonchev–Trinajstić information content (AvgIpc) is 3.59. The third kappa shape index (κ3) is 5.26. The van der Waals surface area contributed by atoms with E-state index in [2.05, 4.69) is 60.6 Å². The smallest absolute Gasteiger partial charge is 0.192 e. The Balaban J connectivity index is 1.35. The molecule has 7 heteroatoms. The first kappa shape index (κ1) is 23.6. The molecule has 0 amide bonds. The van der Waals surface area contributed by atoms with Gasteiger partial charge in [-0.3, -0.25) is 9.69 Å². The van der Waals surface area contributed by atoms with Gasteiger partial charge in [0.2, 0.25) is 0 Å². The number of ketones is 1. The summed E-state index contributed by atoms with van der Waals surface area (Å²) < 4.78 is 4.32. The summed E-state index contributed by atoms with van der Waals surface area (Å²) in [5.41, 5.74) is 5.07. The first-order chi connectivity index (χ1) is 17.1. The Morgan fingerprint density at radius 3 is 2.31 bits per heavy atom. The average molecular weight is 486 g/mol. The number of aryl methyl sites for hydroxylation is 1. The predicted octanol–water partition coefficient (Wildman–Crippen LogP) is 5.30. The van der Waals surface area contributed by atoms with E-state index in [-0.39, 0.29) is 5.78 Å². The van der Waals surface area contributed by atoms with Crippen molar-refractivity contribution in [2.75, 3.05) is 18.8 Å². The standard InChI is InChI=1S/C28H31N5OS/c1-21-17-25(22(2)33(21)24-13-7-4-8-14-24)26(34)20-35-28-30-29-27(19-31-15-9-10-16-31)32(28)18-23-11-5-3-6-12-23/h3-8,11-14,17H,9-10,15-16,18-20H2,1-2H3. The molecule has 1 aliphatic rings. The fourth-order valence-electron chi connectivity index (χ4n) is 4.84. The van der Waals surface area contributed by atoms with E-state index in [1.807, 2.05) is 44.2 Å². The van der Waals surface area contributed by atoms with Gasteiger partial charge in [0.1, 0.15) is 5.82 Å². The van der Waals surface area contributed by atoms with Crippen molar-refractivity contribution in [3.05, 3.63) is 95.1 Å². The predicted molar refractivity (Wildman–Crippen MR) is 140 cm³/mol. The summed E-state index contributed by atoms with van der Waals surface area (Å²) in [4.78, 5) is 15.7. The number of hydrogen-bond donors (Lipinski definition) is 0. The van der Waals surface area contributed by atoms with Crippen molar-refractivity contribution < 1.29 is 4.79 Å². The van der Waals surface area contributed by atoms with Crippen molar-refractivity contribution in [2.24, 2.45) is 0 Å². The molecule has 2 aromatic heterocycles. The highest BCUT2D eigenvalue weighted by molar-refractivity contribution is 7.99. The summed E-state index contributed by atoms with van der Waals surface area (Å²) in [7, 11) is 0. The van der Waals surface area contributed by atoms with Gasteiger partial charge in [-0.25, -0.2) is 0 Å². The van der Waals surface area contributed by atoms with Gasteiger partial charge in [0.05, 0.1) is 18.8 Å². The minimum absolute atomic E-state index is 0.112. The lowest BCUT2D eigenvalue weighted by Crippen LogP contribution is -2.21. The fraction of sp³-hybridized carbons (Fsp3) is 0.321. The maximum atomic E-state index is 13.3.